The first-order chi connectivity index (χ1) is 13.9. The molecule has 1 aromatic heterocycles. The van der Waals surface area contributed by atoms with E-state index in [4.69, 9.17) is 23.4 Å². The summed E-state index contributed by atoms with van der Waals surface area (Å²) in [6.45, 7) is 2.00. The van der Waals surface area contributed by atoms with Gasteiger partial charge in [0, 0.05) is 17.4 Å². The second-order valence-corrected chi connectivity index (χ2v) is 9.27. The molecule has 8 heteroatoms. The van der Waals surface area contributed by atoms with Crippen molar-refractivity contribution >= 4 is 17.9 Å². The second-order valence-electron chi connectivity index (χ2n) is 9.27. The van der Waals surface area contributed by atoms with E-state index in [0.29, 0.717) is 19.3 Å². The highest BCUT2D eigenvalue weighted by Crippen LogP contribution is 2.74. The van der Waals surface area contributed by atoms with Crippen LogP contribution in [0.25, 0.3) is 0 Å². The van der Waals surface area contributed by atoms with Gasteiger partial charge in [-0.15, -0.1) is 0 Å². The number of rotatable bonds is 2. The summed E-state index contributed by atoms with van der Waals surface area (Å²) < 4.78 is 28.2. The molecule has 0 unspecified atom stereocenters. The molecule has 0 N–H and O–H groups in total. The fourth-order valence-corrected chi connectivity index (χ4v) is 7.17. The Bertz CT molecular complexity index is 923. The normalized spacial score (nSPS) is 49.2. The summed E-state index contributed by atoms with van der Waals surface area (Å²) >= 11 is 0. The lowest BCUT2D eigenvalue weighted by Crippen LogP contribution is -2.72. The first-order valence-corrected chi connectivity index (χ1v) is 10.1. The third-order valence-electron chi connectivity index (χ3n) is 8.41. The molecular weight excluding hydrogens is 380 g/mol. The van der Waals surface area contributed by atoms with Gasteiger partial charge in [-0.05, 0) is 31.2 Å². The topological polar surface area (TPSA) is 101 Å². The largest absolute Gasteiger partial charge is 0.472 e. The number of hydrogen-bond acceptors (Lipinski definition) is 8. The zero-order valence-corrected chi connectivity index (χ0v) is 16.2. The van der Waals surface area contributed by atoms with Crippen LogP contribution in [0, 0.1) is 22.7 Å². The van der Waals surface area contributed by atoms with Crippen LogP contribution in [0.2, 0.25) is 0 Å². The van der Waals surface area contributed by atoms with Crippen LogP contribution < -0.4 is 0 Å². The molecule has 4 aliphatic heterocycles. The predicted octanol–water partition coefficient (Wildman–Crippen LogP) is 1.93. The number of hydrogen-bond donors (Lipinski definition) is 0. The standard InChI is InChI=1S/C21H22O8/c1-19-7-13(10-3-4-26-9-10)29-20(19)8-15(28-17(20)23)21-12(16(22)25-2)5-11(6-14(19)21)27-18(21)24/h3-4,9,11-15H,5-8H2,1-2H3/t11-,12+,13+,14-,15-,19-,20-,21-/m0/s1. The van der Waals surface area contributed by atoms with Gasteiger partial charge in [-0.25, -0.2) is 4.79 Å². The van der Waals surface area contributed by atoms with Gasteiger partial charge in [0.1, 0.15) is 17.6 Å². The van der Waals surface area contributed by atoms with Gasteiger partial charge in [0.05, 0.1) is 31.7 Å². The van der Waals surface area contributed by atoms with E-state index >= 15 is 0 Å². The molecule has 6 aliphatic rings. The van der Waals surface area contributed by atoms with Crippen LogP contribution in [0.5, 0.6) is 0 Å². The van der Waals surface area contributed by atoms with Gasteiger partial charge in [-0.3, -0.25) is 9.59 Å². The number of carbonyl (C=O) groups is 3. The molecule has 5 heterocycles. The molecule has 2 spiro atoms. The van der Waals surface area contributed by atoms with Crippen LogP contribution in [-0.2, 0) is 33.3 Å². The number of methoxy groups -OCH3 is 1. The van der Waals surface area contributed by atoms with Gasteiger partial charge >= 0.3 is 17.9 Å². The Hall–Kier alpha value is -2.35. The molecular formula is C21H22O8. The van der Waals surface area contributed by atoms with Crippen molar-refractivity contribution in [2.24, 2.45) is 22.7 Å². The van der Waals surface area contributed by atoms with Gasteiger partial charge in [0.2, 0.25) is 0 Å². The molecule has 4 saturated heterocycles. The Labute approximate surface area is 166 Å². The number of ether oxygens (including phenoxy) is 4. The summed E-state index contributed by atoms with van der Waals surface area (Å²) in [5.41, 5.74) is -2.17. The molecule has 29 heavy (non-hydrogen) atoms. The van der Waals surface area contributed by atoms with Crippen molar-refractivity contribution in [2.45, 2.75) is 56.5 Å². The fraction of sp³-hybridized carbons (Fsp3) is 0.667. The van der Waals surface area contributed by atoms with Gasteiger partial charge < -0.3 is 23.4 Å². The average Bonchev–Trinajstić information content (AvgIpc) is 3.40. The summed E-state index contributed by atoms with van der Waals surface area (Å²) in [5, 5.41) is 0. The molecule has 154 valence electrons. The minimum Gasteiger partial charge on any atom is -0.472 e. The summed E-state index contributed by atoms with van der Waals surface area (Å²) in [6, 6.07) is 1.83. The number of esters is 3. The van der Waals surface area contributed by atoms with Crippen molar-refractivity contribution in [3.8, 4) is 0 Å². The molecule has 2 saturated carbocycles. The summed E-state index contributed by atoms with van der Waals surface area (Å²) in [7, 11) is 1.32. The van der Waals surface area contributed by atoms with Crippen molar-refractivity contribution < 1.29 is 37.7 Å². The van der Waals surface area contributed by atoms with E-state index in [1.165, 1.54) is 7.11 Å². The quantitative estimate of drug-likeness (QED) is 0.546. The number of carbonyl (C=O) groups excluding carboxylic acids is 3. The smallest absolute Gasteiger partial charge is 0.339 e. The Kier molecular flexibility index (Phi) is 3.15. The average molecular weight is 402 g/mol. The van der Waals surface area contributed by atoms with E-state index in [1.807, 2.05) is 13.0 Å². The van der Waals surface area contributed by atoms with Crippen molar-refractivity contribution in [3.05, 3.63) is 24.2 Å². The van der Waals surface area contributed by atoms with E-state index in [-0.39, 0.29) is 24.5 Å². The van der Waals surface area contributed by atoms with Crippen LogP contribution in [0.4, 0.5) is 0 Å². The van der Waals surface area contributed by atoms with E-state index in [9.17, 15) is 14.4 Å². The predicted molar refractivity (Wildman–Crippen MR) is 93.0 cm³/mol. The molecule has 7 rings (SSSR count). The molecule has 1 aromatic rings. The first kappa shape index (κ1) is 17.5. The third-order valence-corrected chi connectivity index (χ3v) is 8.41. The van der Waals surface area contributed by atoms with Crippen molar-refractivity contribution in [1.29, 1.82) is 0 Å². The Balaban J connectivity index is 1.54. The van der Waals surface area contributed by atoms with Crippen LogP contribution >= 0.6 is 0 Å². The van der Waals surface area contributed by atoms with Crippen LogP contribution in [0.1, 0.15) is 44.3 Å². The SMILES string of the molecule is COC(=O)[C@H]1C[C@H]2C[C@@H]3[C@]1(C(=O)O2)[C@@H]1C[C@]2(O[C@@H](c4ccoc4)C[C@@]32C)C(=O)O1. The lowest BCUT2D eigenvalue weighted by molar-refractivity contribution is -0.252. The molecule has 0 aromatic carbocycles. The maximum Gasteiger partial charge on any atom is 0.339 e. The van der Waals surface area contributed by atoms with Gasteiger partial charge in [-0.2, -0.15) is 0 Å². The van der Waals surface area contributed by atoms with Crippen LogP contribution in [0.15, 0.2) is 23.0 Å². The Morgan fingerprint density at radius 3 is 2.72 bits per heavy atom. The Morgan fingerprint density at radius 2 is 2.00 bits per heavy atom. The summed E-state index contributed by atoms with van der Waals surface area (Å²) in [4.78, 5) is 39.2. The Morgan fingerprint density at radius 1 is 1.17 bits per heavy atom. The number of furan rings is 1. The fourth-order valence-electron chi connectivity index (χ4n) is 7.17. The zero-order valence-electron chi connectivity index (χ0n) is 16.2. The molecule has 2 aliphatic carbocycles. The van der Waals surface area contributed by atoms with Gasteiger partial charge in [0.15, 0.2) is 5.60 Å². The first-order valence-electron chi connectivity index (χ1n) is 10.1. The van der Waals surface area contributed by atoms with E-state index in [2.05, 4.69) is 0 Å². The molecule has 0 radical (unpaired) electrons. The highest BCUT2D eigenvalue weighted by molar-refractivity contribution is 5.93. The lowest BCUT2D eigenvalue weighted by Gasteiger charge is -2.62. The van der Waals surface area contributed by atoms with Crippen molar-refractivity contribution in [1.82, 2.24) is 0 Å². The van der Waals surface area contributed by atoms with Crippen LogP contribution in [0.3, 0.4) is 0 Å². The lowest BCUT2D eigenvalue weighted by atomic mass is 9.41. The molecule has 6 fully saturated rings. The number of fused-ring (bicyclic) bond motifs is 3. The van der Waals surface area contributed by atoms with E-state index in [0.717, 1.165) is 5.56 Å². The zero-order chi connectivity index (χ0) is 20.2. The highest BCUT2D eigenvalue weighted by Gasteiger charge is 2.84. The van der Waals surface area contributed by atoms with Gasteiger partial charge in [0.25, 0.3) is 0 Å². The van der Waals surface area contributed by atoms with E-state index in [1.54, 1.807) is 12.5 Å². The third kappa shape index (κ3) is 1.75. The van der Waals surface area contributed by atoms with Gasteiger partial charge in [-0.1, -0.05) is 6.92 Å². The maximum atomic E-state index is 13.3. The molecule has 4 bridgehead atoms. The minimum absolute atomic E-state index is 0.237. The molecule has 8 nitrogen and oxygen atoms in total. The molecule has 0 amide bonds. The second kappa shape index (κ2) is 5.22. The maximum absolute atomic E-state index is 13.3. The summed E-state index contributed by atoms with van der Waals surface area (Å²) in [6.07, 6.45) is 3.49. The summed E-state index contributed by atoms with van der Waals surface area (Å²) in [5.74, 6) is -2.29. The van der Waals surface area contributed by atoms with Crippen molar-refractivity contribution in [2.75, 3.05) is 7.11 Å². The molecule has 8 atom stereocenters. The highest BCUT2D eigenvalue weighted by atomic mass is 16.6. The minimum atomic E-state index is -1.22. The van der Waals surface area contributed by atoms with Crippen LogP contribution in [-0.4, -0.2) is 42.8 Å². The van der Waals surface area contributed by atoms with E-state index < -0.39 is 46.4 Å². The van der Waals surface area contributed by atoms with Crippen molar-refractivity contribution in [3.63, 3.8) is 0 Å². The monoisotopic (exact) mass is 402 g/mol.